The van der Waals surface area contributed by atoms with Crippen molar-refractivity contribution in [2.45, 2.75) is 43.9 Å². The van der Waals surface area contributed by atoms with E-state index in [4.69, 9.17) is 0 Å². The maximum Gasteiger partial charge on any atom is 0.0981 e. The van der Waals surface area contributed by atoms with Crippen LogP contribution in [0.5, 0.6) is 0 Å². The van der Waals surface area contributed by atoms with E-state index in [1.807, 2.05) is 16.9 Å². The molecule has 2 heterocycles. The molecule has 116 valence electrons. The first-order valence-corrected chi connectivity index (χ1v) is 8.09. The smallest absolute Gasteiger partial charge is 0.0981 e. The van der Waals surface area contributed by atoms with Crippen LogP contribution in [-0.4, -0.2) is 43.7 Å². The SMILES string of the molecule is OC1(Cn2cc(C3CC3)nn2)CCN(Cc2ccccc2)C1. The topological polar surface area (TPSA) is 54.2 Å². The standard InChI is InChI=1S/C17H22N4O/c22-17(13-21-11-16(18-19-21)15-6-7-15)8-9-20(12-17)10-14-4-2-1-3-5-14/h1-5,11,15,22H,6-10,12-13H2. The number of hydrogen-bond donors (Lipinski definition) is 1. The highest BCUT2D eigenvalue weighted by Crippen LogP contribution is 2.38. The van der Waals surface area contributed by atoms with Gasteiger partial charge in [0.2, 0.25) is 0 Å². The third-order valence-electron chi connectivity index (χ3n) is 4.67. The summed E-state index contributed by atoms with van der Waals surface area (Å²) in [5, 5.41) is 19.2. The number of rotatable bonds is 5. The molecule has 5 heteroatoms. The van der Waals surface area contributed by atoms with Crippen molar-refractivity contribution in [1.29, 1.82) is 0 Å². The van der Waals surface area contributed by atoms with Gasteiger partial charge in [0.05, 0.1) is 17.8 Å². The molecule has 1 aliphatic carbocycles. The molecule has 0 amide bonds. The minimum Gasteiger partial charge on any atom is -0.387 e. The summed E-state index contributed by atoms with van der Waals surface area (Å²) in [6.45, 7) is 3.06. The van der Waals surface area contributed by atoms with Crippen molar-refractivity contribution < 1.29 is 5.11 Å². The molecule has 0 radical (unpaired) electrons. The van der Waals surface area contributed by atoms with Crippen LogP contribution in [0.25, 0.3) is 0 Å². The molecule has 0 spiro atoms. The van der Waals surface area contributed by atoms with Gasteiger partial charge in [-0.3, -0.25) is 4.90 Å². The summed E-state index contributed by atoms with van der Waals surface area (Å²) in [6, 6.07) is 10.4. The third kappa shape index (κ3) is 3.05. The lowest BCUT2D eigenvalue weighted by atomic mass is 10.0. The summed E-state index contributed by atoms with van der Waals surface area (Å²) < 4.78 is 1.82. The summed E-state index contributed by atoms with van der Waals surface area (Å²) in [6.07, 6.45) is 5.26. The molecule has 5 nitrogen and oxygen atoms in total. The Labute approximate surface area is 130 Å². The van der Waals surface area contributed by atoms with Crippen LogP contribution in [0.3, 0.4) is 0 Å². The quantitative estimate of drug-likeness (QED) is 0.914. The van der Waals surface area contributed by atoms with Crippen molar-refractivity contribution in [3.05, 3.63) is 47.8 Å². The van der Waals surface area contributed by atoms with Crippen LogP contribution in [0.2, 0.25) is 0 Å². The van der Waals surface area contributed by atoms with Crippen LogP contribution in [-0.2, 0) is 13.1 Å². The van der Waals surface area contributed by atoms with E-state index in [1.165, 1.54) is 18.4 Å². The van der Waals surface area contributed by atoms with Crippen LogP contribution in [0, 0.1) is 0 Å². The van der Waals surface area contributed by atoms with Crippen molar-refractivity contribution in [2.24, 2.45) is 0 Å². The number of likely N-dealkylation sites (tertiary alicyclic amines) is 1. The first-order chi connectivity index (χ1) is 10.7. The molecular weight excluding hydrogens is 276 g/mol. The van der Waals surface area contributed by atoms with Crippen LogP contribution in [0.4, 0.5) is 0 Å². The fourth-order valence-electron chi connectivity index (χ4n) is 3.30. The Morgan fingerprint density at radius 2 is 2.05 bits per heavy atom. The zero-order valence-corrected chi connectivity index (χ0v) is 12.7. The zero-order valence-electron chi connectivity index (χ0n) is 12.7. The van der Waals surface area contributed by atoms with E-state index in [2.05, 4.69) is 39.5 Å². The monoisotopic (exact) mass is 298 g/mol. The molecule has 1 saturated carbocycles. The predicted octanol–water partition coefficient (Wildman–Crippen LogP) is 1.79. The Bertz CT molecular complexity index is 637. The van der Waals surface area contributed by atoms with Gasteiger partial charge in [-0.15, -0.1) is 5.10 Å². The van der Waals surface area contributed by atoms with E-state index in [9.17, 15) is 5.11 Å². The van der Waals surface area contributed by atoms with Gasteiger partial charge in [0.25, 0.3) is 0 Å². The minimum atomic E-state index is -0.691. The van der Waals surface area contributed by atoms with E-state index in [1.54, 1.807) is 0 Å². The summed E-state index contributed by atoms with van der Waals surface area (Å²) in [5.74, 6) is 0.613. The molecular formula is C17H22N4O. The number of benzene rings is 1. The lowest BCUT2D eigenvalue weighted by molar-refractivity contribution is 0.0274. The molecule has 1 atom stereocenters. The van der Waals surface area contributed by atoms with Gasteiger partial charge in [-0.25, -0.2) is 4.68 Å². The van der Waals surface area contributed by atoms with E-state index in [0.29, 0.717) is 19.0 Å². The second-order valence-corrected chi connectivity index (χ2v) is 6.79. The maximum absolute atomic E-state index is 10.8. The second kappa shape index (κ2) is 5.48. The van der Waals surface area contributed by atoms with Gasteiger partial charge in [0, 0.05) is 31.7 Å². The minimum absolute atomic E-state index is 0.540. The molecule has 1 aromatic heterocycles. The Balaban J connectivity index is 1.37. The molecule has 1 unspecified atom stereocenters. The number of hydrogen-bond acceptors (Lipinski definition) is 4. The van der Waals surface area contributed by atoms with Crippen LogP contribution >= 0.6 is 0 Å². The summed E-state index contributed by atoms with van der Waals surface area (Å²) in [7, 11) is 0. The van der Waals surface area contributed by atoms with Crippen LogP contribution in [0.1, 0.15) is 36.4 Å². The number of nitrogens with zero attached hydrogens (tertiary/aromatic N) is 4. The normalized spacial score (nSPS) is 25.7. The first kappa shape index (κ1) is 13.9. The van der Waals surface area contributed by atoms with Gasteiger partial charge in [-0.05, 0) is 24.8 Å². The second-order valence-electron chi connectivity index (χ2n) is 6.79. The molecule has 4 rings (SSSR count). The molecule has 2 fully saturated rings. The van der Waals surface area contributed by atoms with Crippen molar-refractivity contribution in [1.82, 2.24) is 19.9 Å². The third-order valence-corrected chi connectivity index (χ3v) is 4.67. The lowest BCUT2D eigenvalue weighted by Crippen LogP contribution is -2.37. The van der Waals surface area contributed by atoms with Gasteiger partial charge in [-0.1, -0.05) is 35.5 Å². The zero-order chi connectivity index (χ0) is 15.0. The molecule has 1 N–H and O–H groups in total. The molecule has 1 aliphatic heterocycles. The Morgan fingerprint density at radius 1 is 1.23 bits per heavy atom. The average molecular weight is 298 g/mol. The fraction of sp³-hybridized carbons (Fsp3) is 0.529. The fourth-order valence-corrected chi connectivity index (χ4v) is 3.30. The van der Waals surface area contributed by atoms with Gasteiger partial charge >= 0.3 is 0 Å². The summed E-state index contributed by atoms with van der Waals surface area (Å²) in [4.78, 5) is 2.31. The van der Waals surface area contributed by atoms with Crippen molar-refractivity contribution in [3.63, 3.8) is 0 Å². The van der Waals surface area contributed by atoms with E-state index in [-0.39, 0.29) is 0 Å². The summed E-state index contributed by atoms with van der Waals surface area (Å²) >= 11 is 0. The largest absolute Gasteiger partial charge is 0.387 e. The van der Waals surface area contributed by atoms with Crippen LogP contribution in [0.15, 0.2) is 36.5 Å². The van der Waals surface area contributed by atoms with Crippen molar-refractivity contribution in [3.8, 4) is 0 Å². The Hall–Kier alpha value is -1.72. The van der Waals surface area contributed by atoms with Crippen LogP contribution < -0.4 is 0 Å². The Kier molecular flexibility index (Phi) is 3.47. The van der Waals surface area contributed by atoms with E-state index < -0.39 is 5.60 Å². The first-order valence-electron chi connectivity index (χ1n) is 8.09. The molecule has 2 aliphatic rings. The molecule has 22 heavy (non-hydrogen) atoms. The Morgan fingerprint density at radius 3 is 2.82 bits per heavy atom. The van der Waals surface area contributed by atoms with E-state index in [0.717, 1.165) is 25.2 Å². The number of aromatic nitrogens is 3. The number of aliphatic hydroxyl groups is 1. The molecule has 1 saturated heterocycles. The highest BCUT2D eigenvalue weighted by Gasteiger charge is 2.37. The predicted molar refractivity (Wildman–Crippen MR) is 83.3 cm³/mol. The van der Waals surface area contributed by atoms with E-state index >= 15 is 0 Å². The lowest BCUT2D eigenvalue weighted by Gasteiger charge is -2.23. The highest BCUT2D eigenvalue weighted by atomic mass is 16.3. The van der Waals surface area contributed by atoms with Crippen molar-refractivity contribution >= 4 is 0 Å². The summed E-state index contributed by atoms with van der Waals surface area (Å²) in [5.41, 5.74) is 1.69. The molecule has 0 bridgehead atoms. The highest BCUT2D eigenvalue weighted by molar-refractivity contribution is 5.15. The number of β-amino-alcohol motifs (C(OH)–C–C–N with tert-alkyl or cyclic N) is 1. The van der Waals surface area contributed by atoms with Gasteiger partial charge in [0.15, 0.2) is 0 Å². The maximum atomic E-state index is 10.8. The molecule has 1 aromatic carbocycles. The van der Waals surface area contributed by atoms with Gasteiger partial charge < -0.3 is 5.11 Å². The van der Waals surface area contributed by atoms with Crippen molar-refractivity contribution in [2.75, 3.05) is 13.1 Å². The van der Waals surface area contributed by atoms with Gasteiger partial charge in [0.1, 0.15) is 0 Å². The average Bonchev–Trinajstić information content (AvgIpc) is 3.17. The molecule has 2 aromatic rings. The van der Waals surface area contributed by atoms with Gasteiger partial charge in [-0.2, -0.15) is 0 Å².